The molecule has 0 aliphatic carbocycles. The third kappa shape index (κ3) is 3.65. The van der Waals surface area contributed by atoms with Crippen LogP contribution >= 0.6 is 0 Å². The molecule has 0 atom stereocenters. The quantitative estimate of drug-likeness (QED) is 0.907. The first-order valence-corrected chi connectivity index (χ1v) is 7.96. The Labute approximate surface area is 141 Å². The highest BCUT2D eigenvalue weighted by molar-refractivity contribution is 5.93. The minimum atomic E-state index is -0.932. The molecule has 3 rings (SSSR count). The monoisotopic (exact) mass is 327 g/mol. The molecule has 2 aromatic rings. The Morgan fingerprint density at radius 3 is 2.50 bits per heavy atom. The first-order valence-electron chi connectivity index (χ1n) is 7.96. The molecule has 6 heteroatoms. The number of rotatable bonds is 5. The number of piperazine rings is 1. The summed E-state index contributed by atoms with van der Waals surface area (Å²) in [5.41, 5.74) is 1.51. The maximum atomic E-state index is 11.3. The molecule has 0 bridgehead atoms. The van der Waals surface area contributed by atoms with Crippen molar-refractivity contribution in [2.24, 2.45) is 0 Å². The number of aromatic nitrogens is 1. The first-order chi connectivity index (χ1) is 11.7. The van der Waals surface area contributed by atoms with Crippen molar-refractivity contribution in [3.8, 4) is 5.75 Å². The summed E-state index contributed by atoms with van der Waals surface area (Å²) in [5, 5.41) is 9.30. The lowest BCUT2D eigenvalue weighted by molar-refractivity contribution is 0.0697. The van der Waals surface area contributed by atoms with Gasteiger partial charge < -0.3 is 14.7 Å². The second-order valence-electron chi connectivity index (χ2n) is 5.79. The maximum Gasteiger partial charge on any atom is 0.339 e. The van der Waals surface area contributed by atoms with Crippen molar-refractivity contribution in [3.63, 3.8) is 0 Å². The van der Waals surface area contributed by atoms with Crippen LogP contribution in [0.3, 0.4) is 0 Å². The summed E-state index contributed by atoms with van der Waals surface area (Å²) in [5.74, 6) is 0.493. The number of carboxylic acids is 1. The van der Waals surface area contributed by atoms with Crippen LogP contribution in [-0.2, 0) is 6.54 Å². The van der Waals surface area contributed by atoms with Gasteiger partial charge in [-0.3, -0.25) is 4.90 Å². The average molecular weight is 327 g/mol. The molecule has 1 aliphatic heterocycles. The fraction of sp³-hybridized carbons (Fsp3) is 0.333. The number of pyridine rings is 1. The molecule has 6 nitrogen and oxygen atoms in total. The second-order valence-corrected chi connectivity index (χ2v) is 5.79. The smallest absolute Gasteiger partial charge is 0.339 e. The summed E-state index contributed by atoms with van der Waals surface area (Å²) in [6.07, 6.45) is 1.64. The topological polar surface area (TPSA) is 65.9 Å². The SMILES string of the molecule is COc1ccc(CN2CCN(c3ncccc3C(=O)O)CC2)cc1. The number of hydrogen-bond donors (Lipinski definition) is 1. The zero-order valence-corrected chi connectivity index (χ0v) is 13.7. The van der Waals surface area contributed by atoms with Gasteiger partial charge in [0.1, 0.15) is 17.1 Å². The van der Waals surface area contributed by atoms with Crippen molar-refractivity contribution in [2.75, 3.05) is 38.2 Å². The molecule has 1 aromatic carbocycles. The van der Waals surface area contributed by atoms with E-state index in [4.69, 9.17) is 4.74 Å². The van der Waals surface area contributed by atoms with Crippen LogP contribution in [0.15, 0.2) is 42.6 Å². The highest BCUT2D eigenvalue weighted by atomic mass is 16.5. The van der Waals surface area contributed by atoms with Crippen LogP contribution in [0.2, 0.25) is 0 Å². The van der Waals surface area contributed by atoms with Gasteiger partial charge in [0.15, 0.2) is 0 Å². The molecule has 1 aromatic heterocycles. The van der Waals surface area contributed by atoms with Crippen LogP contribution < -0.4 is 9.64 Å². The Hall–Kier alpha value is -2.60. The van der Waals surface area contributed by atoms with Gasteiger partial charge in [0.05, 0.1) is 7.11 Å². The standard InChI is InChI=1S/C18H21N3O3/c1-24-15-6-4-14(5-7-15)13-20-9-11-21(12-10-20)17-16(18(22)23)3-2-8-19-17/h2-8H,9-13H2,1H3,(H,22,23). The molecule has 0 amide bonds. The van der Waals surface area contributed by atoms with Crippen molar-refractivity contribution in [1.82, 2.24) is 9.88 Å². The van der Waals surface area contributed by atoms with E-state index in [1.54, 1.807) is 25.4 Å². The van der Waals surface area contributed by atoms with Gasteiger partial charge >= 0.3 is 5.97 Å². The van der Waals surface area contributed by atoms with Crippen molar-refractivity contribution >= 4 is 11.8 Å². The number of benzene rings is 1. The average Bonchev–Trinajstić information content (AvgIpc) is 2.63. The minimum absolute atomic E-state index is 0.265. The van der Waals surface area contributed by atoms with Crippen molar-refractivity contribution in [3.05, 3.63) is 53.7 Å². The first kappa shape index (κ1) is 16.3. The number of carboxylic acid groups (broad SMARTS) is 1. The van der Waals surface area contributed by atoms with E-state index in [2.05, 4.69) is 22.0 Å². The van der Waals surface area contributed by atoms with E-state index in [1.807, 2.05) is 17.0 Å². The highest BCUT2D eigenvalue weighted by Gasteiger charge is 2.22. The lowest BCUT2D eigenvalue weighted by Crippen LogP contribution is -2.46. The lowest BCUT2D eigenvalue weighted by Gasteiger charge is -2.35. The number of carbonyl (C=O) groups is 1. The number of hydrogen-bond acceptors (Lipinski definition) is 5. The van der Waals surface area contributed by atoms with Crippen molar-refractivity contribution in [1.29, 1.82) is 0 Å². The maximum absolute atomic E-state index is 11.3. The van der Waals surface area contributed by atoms with Crippen LogP contribution in [0.25, 0.3) is 0 Å². The Balaban J connectivity index is 1.60. The number of methoxy groups -OCH3 is 1. The van der Waals surface area contributed by atoms with E-state index in [0.717, 1.165) is 38.5 Å². The van der Waals surface area contributed by atoms with Crippen molar-refractivity contribution < 1.29 is 14.6 Å². The molecule has 0 saturated carbocycles. The Bertz CT molecular complexity index is 695. The number of aromatic carboxylic acids is 1. The van der Waals surface area contributed by atoms with Gasteiger partial charge in [-0.25, -0.2) is 9.78 Å². The van der Waals surface area contributed by atoms with Crippen LogP contribution in [0.5, 0.6) is 5.75 Å². The molecule has 1 fully saturated rings. The number of nitrogens with zero attached hydrogens (tertiary/aromatic N) is 3. The highest BCUT2D eigenvalue weighted by Crippen LogP contribution is 2.20. The zero-order valence-electron chi connectivity index (χ0n) is 13.7. The third-order valence-corrected chi connectivity index (χ3v) is 4.25. The van der Waals surface area contributed by atoms with E-state index < -0.39 is 5.97 Å². The van der Waals surface area contributed by atoms with Gasteiger partial charge in [-0.05, 0) is 29.8 Å². The lowest BCUT2D eigenvalue weighted by atomic mass is 10.1. The zero-order chi connectivity index (χ0) is 16.9. The minimum Gasteiger partial charge on any atom is -0.497 e. The molecular formula is C18H21N3O3. The Kier molecular flexibility index (Phi) is 4.96. The van der Waals surface area contributed by atoms with E-state index >= 15 is 0 Å². The predicted octanol–water partition coefficient (Wildman–Crippen LogP) is 2.11. The number of anilines is 1. The summed E-state index contributed by atoms with van der Waals surface area (Å²) < 4.78 is 5.18. The fourth-order valence-corrected chi connectivity index (χ4v) is 2.92. The van der Waals surface area contributed by atoms with Gasteiger partial charge in [0, 0.05) is 38.9 Å². The third-order valence-electron chi connectivity index (χ3n) is 4.25. The Morgan fingerprint density at radius 1 is 1.17 bits per heavy atom. The number of ether oxygens (including phenoxy) is 1. The second kappa shape index (κ2) is 7.31. The normalized spacial score (nSPS) is 15.3. The van der Waals surface area contributed by atoms with Crippen LogP contribution in [0.4, 0.5) is 5.82 Å². The molecule has 0 unspecified atom stereocenters. The molecule has 0 radical (unpaired) electrons. The molecule has 126 valence electrons. The molecule has 1 saturated heterocycles. The van der Waals surface area contributed by atoms with Gasteiger partial charge in [-0.1, -0.05) is 12.1 Å². The van der Waals surface area contributed by atoms with Gasteiger partial charge in [-0.2, -0.15) is 0 Å². The van der Waals surface area contributed by atoms with E-state index in [9.17, 15) is 9.90 Å². The summed E-state index contributed by atoms with van der Waals surface area (Å²) in [6.45, 7) is 4.18. The van der Waals surface area contributed by atoms with Gasteiger partial charge in [0.25, 0.3) is 0 Å². The van der Waals surface area contributed by atoms with Crippen LogP contribution in [0, 0.1) is 0 Å². The summed E-state index contributed by atoms with van der Waals surface area (Å²) in [7, 11) is 1.66. The predicted molar refractivity (Wildman–Crippen MR) is 91.7 cm³/mol. The largest absolute Gasteiger partial charge is 0.497 e. The molecular weight excluding hydrogens is 306 g/mol. The van der Waals surface area contributed by atoms with Gasteiger partial charge in [-0.15, -0.1) is 0 Å². The van der Waals surface area contributed by atoms with E-state index in [1.165, 1.54) is 5.56 Å². The molecule has 0 spiro atoms. The van der Waals surface area contributed by atoms with Crippen LogP contribution in [0.1, 0.15) is 15.9 Å². The molecule has 24 heavy (non-hydrogen) atoms. The van der Waals surface area contributed by atoms with E-state index in [-0.39, 0.29) is 5.56 Å². The van der Waals surface area contributed by atoms with Gasteiger partial charge in [0.2, 0.25) is 0 Å². The molecule has 1 N–H and O–H groups in total. The molecule has 2 heterocycles. The fourth-order valence-electron chi connectivity index (χ4n) is 2.92. The summed E-state index contributed by atoms with van der Waals surface area (Å²) >= 11 is 0. The molecule has 1 aliphatic rings. The summed E-state index contributed by atoms with van der Waals surface area (Å²) in [6, 6.07) is 11.4. The summed E-state index contributed by atoms with van der Waals surface area (Å²) in [4.78, 5) is 20.0. The van der Waals surface area contributed by atoms with Crippen molar-refractivity contribution in [2.45, 2.75) is 6.54 Å². The Morgan fingerprint density at radius 2 is 1.88 bits per heavy atom. The van der Waals surface area contributed by atoms with E-state index in [0.29, 0.717) is 5.82 Å². The van der Waals surface area contributed by atoms with Crippen LogP contribution in [-0.4, -0.2) is 54.2 Å².